The van der Waals surface area contributed by atoms with Crippen LogP contribution in [0.25, 0.3) is 0 Å². The van der Waals surface area contributed by atoms with Crippen LogP contribution in [0.5, 0.6) is 11.5 Å². The van der Waals surface area contributed by atoms with Crippen molar-refractivity contribution >= 4 is 24.9 Å². The van der Waals surface area contributed by atoms with Crippen LogP contribution in [0.4, 0.5) is 0 Å². The third kappa shape index (κ3) is 5.86. The van der Waals surface area contributed by atoms with E-state index in [0.717, 1.165) is 24.0 Å². The average Bonchev–Trinajstić information content (AvgIpc) is 2.71. The van der Waals surface area contributed by atoms with E-state index in [-0.39, 0.29) is 11.5 Å². The van der Waals surface area contributed by atoms with Crippen molar-refractivity contribution < 1.29 is 10.2 Å². The zero-order valence-corrected chi connectivity index (χ0v) is 17.5. The molecule has 0 saturated heterocycles. The van der Waals surface area contributed by atoms with Crippen molar-refractivity contribution in [2.24, 2.45) is 20.0 Å². The molecule has 6 nitrogen and oxygen atoms in total. The zero-order chi connectivity index (χ0) is 21.3. The van der Waals surface area contributed by atoms with Crippen LogP contribution in [0.15, 0.2) is 44.2 Å². The van der Waals surface area contributed by atoms with Gasteiger partial charge in [0, 0.05) is 73.3 Å². The Kier molecular flexibility index (Phi) is 7.49. The maximum atomic E-state index is 10.5. The van der Waals surface area contributed by atoms with Crippen LogP contribution in [0.1, 0.15) is 46.2 Å². The Morgan fingerprint density at radius 1 is 0.533 bits per heavy atom. The first-order valence-corrected chi connectivity index (χ1v) is 10.2. The van der Waals surface area contributed by atoms with Gasteiger partial charge in [-0.1, -0.05) is 0 Å². The summed E-state index contributed by atoms with van der Waals surface area (Å²) >= 11 is 0. The van der Waals surface area contributed by atoms with Crippen molar-refractivity contribution in [3.8, 4) is 11.5 Å². The van der Waals surface area contributed by atoms with Gasteiger partial charge in [-0.2, -0.15) is 0 Å². The molecule has 156 valence electrons. The Labute approximate surface area is 177 Å². The summed E-state index contributed by atoms with van der Waals surface area (Å²) in [5.41, 5.74) is 4.85. The molecule has 0 aromatic heterocycles. The van der Waals surface area contributed by atoms with Crippen LogP contribution in [-0.2, 0) is 0 Å². The van der Waals surface area contributed by atoms with Crippen molar-refractivity contribution in [1.82, 2.24) is 0 Å². The Bertz CT molecular complexity index is 855. The van der Waals surface area contributed by atoms with E-state index in [2.05, 4.69) is 20.0 Å². The molecule has 0 saturated carbocycles. The third-order valence-electron chi connectivity index (χ3n) is 4.70. The van der Waals surface area contributed by atoms with E-state index in [1.165, 1.54) is 0 Å². The highest BCUT2D eigenvalue weighted by molar-refractivity contribution is 5.93. The largest absolute Gasteiger partial charge is 0.507 e. The number of hydrogen-bond acceptors (Lipinski definition) is 6. The second-order valence-corrected chi connectivity index (χ2v) is 7.43. The van der Waals surface area contributed by atoms with Gasteiger partial charge in [-0.15, -0.1) is 0 Å². The molecule has 0 unspecified atom stereocenters. The van der Waals surface area contributed by atoms with Crippen LogP contribution in [0.3, 0.4) is 0 Å². The fraction of sp³-hybridized carbons (Fsp3) is 0.333. The quantitative estimate of drug-likeness (QED) is 0.698. The maximum Gasteiger partial charge on any atom is 0.133 e. The van der Waals surface area contributed by atoms with Gasteiger partial charge >= 0.3 is 0 Å². The van der Waals surface area contributed by atoms with Gasteiger partial charge in [0.05, 0.1) is 0 Å². The van der Waals surface area contributed by atoms with E-state index in [0.29, 0.717) is 48.4 Å². The lowest BCUT2D eigenvalue weighted by atomic mass is 10.1. The standard InChI is InChI=1S/C24H28N4O2/c1-17-9-19-13-25-5-3-7-27-15-21-11-18(2)12-22(24(21)30)16-28-8-4-6-26-14-20(10-17)23(19)29/h9-16,29-30H,3-8H2,1-2H3/b25-13+,26-14+,27-15+,28-16+. The minimum atomic E-state index is 0.197. The van der Waals surface area contributed by atoms with E-state index in [4.69, 9.17) is 0 Å². The number of aryl methyl sites for hydroxylation is 2. The summed E-state index contributed by atoms with van der Waals surface area (Å²) in [6.45, 7) is 6.39. The van der Waals surface area contributed by atoms with Crippen molar-refractivity contribution in [2.45, 2.75) is 26.7 Å². The molecule has 2 N–H and O–H groups in total. The number of phenols is 2. The molecule has 1 aliphatic heterocycles. The molecular formula is C24H28N4O2. The fourth-order valence-electron chi connectivity index (χ4n) is 3.22. The monoisotopic (exact) mass is 404 g/mol. The van der Waals surface area contributed by atoms with Crippen LogP contribution in [-0.4, -0.2) is 61.3 Å². The van der Waals surface area contributed by atoms with Gasteiger partial charge in [-0.05, 0) is 62.1 Å². The number of rotatable bonds is 0. The van der Waals surface area contributed by atoms with Gasteiger partial charge in [-0.3, -0.25) is 20.0 Å². The zero-order valence-electron chi connectivity index (χ0n) is 17.5. The number of aromatic hydroxyl groups is 2. The number of phenolic OH excluding ortho intramolecular Hbond substituents is 2. The van der Waals surface area contributed by atoms with Crippen molar-refractivity contribution in [2.75, 3.05) is 26.2 Å². The Balaban J connectivity index is 1.83. The third-order valence-corrected chi connectivity index (χ3v) is 4.70. The summed E-state index contributed by atoms with van der Waals surface area (Å²) in [7, 11) is 0. The predicted octanol–water partition coefficient (Wildman–Crippen LogP) is 3.88. The maximum absolute atomic E-state index is 10.5. The average molecular weight is 405 g/mol. The van der Waals surface area contributed by atoms with E-state index >= 15 is 0 Å². The first kappa shape index (κ1) is 21.4. The van der Waals surface area contributed by atoms with Crippen LogP contribution in [0, 0.1) is 13.8 Å². The first-order chi connectivity index (χ1) is 14.5. The SMILES string of the molecule is Cc1cc2c(O)c(c1)/C=N/CCC/N=C/c1cc(C)cc(c1O)/C=N/CCC/N=C/2. The topological polar surface area (TPSA) is 89.9 Å². The molecule has 30 heavy (non-hydrogen) atoms. The molecule has 2 aromatic rings. The van der Waals surface area contributed by atoms with Crippen LogP contribution in [0.2, 0.25) is 0 Å². The molecule has 0 atom stereocenters. The van der Waals surface area contributed by atoms with Crippen molar-refractivity contribution in [3.63, 3.8) is 0 Å². The van der Waals surface area contributed by atoms with Crippen molar-refractivity contribution in [1.29, 1.82) is 0 Å². The molecule has 0 spiro atoms. The van der Waals surface area contributed by atoms with E-state index in [1.807, 2.05) is 38.1 Å². The van der Waals surface area contributed by atoms with Crippen LogP contribution >= 0.6 is 0 Å². The molecule has 1 heterocycles. The molecule has 0 radical (unpaired) electrons. The molecule has 2 aromatic carbocycles. The number of aliphatic imine (C=N–C) groups is 4. The number of benzene rings is 2. The van der Waals surface area contributed by atoms with E-state index in [1.54, 1.807) is 24.9 Å². The molecule has 3 rings (SSSR count). The normalized spacial score (nSPS) is 19.5. The van der Waals surface area contributed by atoms with Gasteiger partial charge in [0.15, 0.2) is 0 Å². The number of hydrogen-bond donors (Lipinski definition) is 2. The summed E-state index contributed by atoms with van der Waals surface area (Å²) in [5, 5.41) is 21.0. The highest BCUT2D eigenvalue weighted by Gasteiger charge is 2.07. The highest BCUT2D eigenvalue weighted by atomic mass is 16.3. The second-order valence-electron chi connectivity index (χ2n) is 7.43. The minimum Gasteiger partial charge on any atom is -0.507 e. The predicted molar refractivity (Wildman–Crippen MR) is 125 cm³/mol. The molecule has 6 heteroatoms. The summed E-state index contributed by atoms with van der Waals surface area (Å²) in [5.74, 6) is 0.394. The first-order valence-electron chi connectivity index (χ1n) is 10.2. The number of fused-ring (bicyclic) bond motifs is 4. The molecular weight excluding hydrogens is 376 g/mol. The van der Waals surface area contributed by atoms with E-state index in [9.17, 15) is 10.2 Å². The summed E-state index contributed by atoms with van der Waals surface area (Å²) < 4.78 is 0. The van der Waals surface area contributed by atoms with Gasteiger partial charge in [-0.25, -0.2) is 0 Å². The highest BCUT2D eigenvalue weighted by Crippen LogP contribution is 2.23. The Morgan fingerprint density at radius 3 is 1.07 bits per heavy atom. The summed E-state index contributed by atoms with van der Waals surface area (Å²) in [6, 6.07) is 7.64. The van der Waals surface area contributed by atoms with Gasteiger partial charge in [0.1, 0.15) is 11.5 Å². The molecule has 0 amide bonds. The van der Waals surface area contributed by atoms with Gasteiger partial charge in [0.25, 0.3) is 0 Å². The second kappa shape index (κ2) is 10.5. The lowest BCUT2D eigenvalue weighted by Gasteiger charge is -2.06. The Hall–Kier alpha value is -3.28. The number of nitrogens with zero attached hydrogens (tertiary/aromatic N) is 4. The molecule has 0 fully saturated rings. The smallest absolute Gasteiger partial charge is 0.133 e. The minimum absolute atomic E-state index is 0.197. The van der Waals surface area contributed by atoms with E-state index < -0.39 is 0 Å². The van der Waals surface area contributed by atoms with Gasteiger partial charge in [0.2, 0.25) is 0 Å². The molecule has 0 aliphatic carbocycles. The van der Waals surface area contributed by atoms with Crippen molar-refractivity contribution in [3.05, 3.63) is 57.6 Å². The lowest BCUT2D eigenvalue weighted by molar-refractivity contribution is 0.473. The summed E-state index contributed by atoms with van der Waals surface area (Å²) in [4.78, 5) is 17.7. The summed E-state index contributed by atoms with van der Waals surface area (Å²) in [6.07, 6.45) is 8.36. The molecule has 1 aliphatic rings. The molecule has 4 bridgehead atoms. The van der Waals surface area contributed by atoms with Gasteiger partial charge < -0.3 is 10.2 Å². The fourth-order valence-corrected chi connectivity index (χ4v) is 3.22. The lowest BCUT2D eigenvalue weighted by Crippen LogP contribution is -1.96. The van der Waals surface area contributed by atoms with Crippen LogP contribution < -0.4 is 0 Å². The Morgan fingerprint density at radius 2 is 0.800 bits per heavy atom.